The van der Waals surface area contributed by atoms with Crippen molar-refractivity contribution in [2.45, 2.75) is 20.5 Å². The Bertz CT molecular complexity index is 1090. The summed E-state index contributed by atoms with van der Waals surface area (Å²) in [5.41, 5.74) is 4.62. The third-order valence-electron chi connectivity index (χ3n) is 5.05. The first-order chi connectivity index (χ1) is 14.5. The Morgan fingerprint density at radius 2 is 1.67 bits per heavy atom. The van der Waals surface area contributed by atoms with Gasteiger partial charge in [-0.05, 0) is 41.8 Å². The second-order valence-corrected chi connectivity index (χ2v) is 8.24. The molecule has 4 rings (SSSR count). The van der Waals surface area contributed by atoms with Crippen molar-refractivity contribution in [3.05, 3.63) is 94.5 Å². The average Bonchev–Trinajstić information content (AvgIpc) is 3.00. The standard InChI is InChI=1S/C26H24ClNO2/c1-18(2)16-28-25-10-6-4-8-22(25)23(26(28)29)15-19-11-13-21(14-12-19)30-17-20-7-3-5-9-24(20)27/h3-15,18H,16-17H2,1-2H3/b23-15-. The second-order valence-electron chi connectivity index (χ2n) is 7.83. The van der Waals surface area contributed by atoms with Crippen molar-refractivity contribution in [3.63, 3.8) is 0 Å². The van der Waals surface area contributed by atoms with Crippen LogP contribution in [0.25, 0.3) is 11.6 Å². The van der Waals surface area contributed by atoms with Gasteiger partial charge in [-0.2, -0.15) is 0 Å². The minimum Gasteiger partial charge on any atom is -0.489 e. The third-order valence-corrected chi connectivity index (χ3v) is 5.42. The first kappa shape index (κ1) is 20.2. The van der Waals surface area contributed by atoms with E-state index in [0.717, 1.165) is 33.7 Å². The fourth-order valence-electron chi connectivity index (χ4n) is 3.60. The van der Waals surface area contributed by atoms with E-state index >= 15 is 0 Å². The van der Waals surface area contributed by atoms with Gasteiger partial charge in [0.2, 0.25) is 0 Å². The molecule has 0 aromatic heterocycles. The Balaban J connectivity index is 1.53. The summed E-state index contributed by atoms with van der Waals surface area (Å²) in [4.78, 5) is 15.0. The molecule has 0 unspecified atom stereocenters. The number of hydrogen-bond donors (Lipinski definition) is 0. The van der Waals surface area contributed by atoms with Crippen molar-refractivity contribution in [1.82, 2.24) is 0 Å². The normalized spacial score (nSPS) is 14.5. The van der Waals surface area contributed by atoms with E-state index in [1.165, 1.54) is 0 Å². The van der Waals surface area contributed by atoms with Gasteiger partial charge in [-0.1, -0.05) is 74.0 Å². The quantitative estimate of drug-likeness (QED) is 0.430. The molecule has 0 saturated heterocycles. The molecule has 0 spiro atoms. The Morgan fingerprint density at radius 3 is 2.40 bits per heavy atom. The Labute approximate surface area is 182 Å². The molecule has 152 valence electrons. The van der Waals surface area contributed by atoms with Crippen LogP contribution in [0.1, 0.15) is 30.5 Å². The van der Waals surface area contributed by atoms with Gasteiger partial charge in [0, 0.05) is 28.3 Å². The first-order valence-electron chi connectivity index (χ1n) is 10.1. The van der Waals surface area contributed by atoms with Gasteiger partial charge in [0.05, 0.1) is 5.69 Å². The molecule has 0 aliphatic carbocycles. The van der Waals surface area contributed by atoms with Gasteiger partial charge in [0.1, 0.15) is 12.4 Å². The molecule has 3 aromatic rings. The molecule has 3 nitrogen and oxygen atoms in total. The molecule has 4 heteroatoms. The van der Waals surface area contributed by atoms with E-state index in [-0.39, 0.29) is 5.91 Å². The van der Waals surface area contributed by atoms with Gasteiger partial charge in [-0.25, -0.2) is 0 Å². The van der Waals surface area contributed by atoms with Crippen LogP contribution in [0.15, 0.2) is 72.8 Å². The maximum atomic E-state index is 13.1. The van der Waals surface area contributed by atoms with Gasteiger partial charge >= 0.3 is 0 Å². The zero-order valence-corrected chi connectivity index (χ0v) is 17.9. The lowest BCUT2D eigenvalue weighted by molar-refractivity contribution is -0.113. The molecule has 30 heavy (non-hydrogen) atoms. The van der Waals surface area contributed by atoms with Gasteiger partial charge in [-0.15, -0.1) is 0 Å². The number of benzene rings is 3. The number of hydrogen-bond acceptors (Lipinski definition) is 2. The molecule has 0 N–H and O–H groups in total. The summed E-state index contributed by atoms with van der Waals surface area (Å²) in [6.07, 6.45) is 1.96. The predicted octanol–water partition coefficient (Wildman–Crippen LogP) is 6.46. The molecule has 0 radical (unpaired) electrons. The lowest BCUT2D eigenvalue weighted by atomic mass is 10.0. The molecule has 1 heterocycles. The summed E-state index contributed by atoms with van der Waals surface area (Å²) in [7, 11) is 0. The van der Waals surface area contributed by atoms with E-state index in [9.17, 15) is 4.79 Å². The van der Waals surface area contributed by atoms with Crippen molar-refractivity contribution in [2.75, 3.05) is 11.4 Å². The van der Waals surface area contributed by atoms with Crippen molar-refractivity contribution >= 4 is 34.8 Å². The van der Waals surface area contributed by atoms with Crippen molar-refractivity contribution in [3.8, 4) is 5.75 Å². The summed E-state index contributed by atoms with van der Waals surface area (Å²) < 4.78 is 5.86. The Hall–Kier alpha value is -3.04. The fourth-order valence-corrected chi connectivity index (χ4v) is 3.79. The third kappa shape index (κ3) is 4.27. The zero-order chi connectivity index (χ0) is 21.1. The van der Waals surface area contributed by atoms with E-state index < -0.39 is 0 Å². The van der Waals surface area contributed by atoms with Gasteiger partial charge < -0.3 is 9.64 Å². The summed E-state index contributed by atoms with van der Waals surface area (Å²) in [5, 5.41) is 0.697. The van der Waals surface area contributed by atoms with Crippen LogP contribution in [-0.4, -0.2) is 12.5 Å². The number of rotatable bonds is 6. The van der Waals surface area contributed by atoms with Crippen LogP contribution in [0.3, 0.4) is 0 Å². The van der Waals surface area contributed by atoms with Crippen molar-refractivity contribution in [2.24, 2.45) is 5.92 Å². The van der Waals surface area contributed by atoms with Gasteiger partial charge in [-0.3, -0.25) is 4.79 Å². The number of anilines is 1. The molecular weight excluding hydrogens is 394 g/mol. The minimum absolute atomic E-state index is 0.0592. The van der Waals surface area contributed by atoms with Gasteiger partial charge in [0.15, 0.2) is 0 Å². The van der Waals surface area contributed by atoms with Crippen LogP contribution in [-0.2, 0) is 11.4 Å². The monoisotopic (exact) mass is 417 g/mol. The second kappa shape index (κ2) is 8.76. The lowest BCUT2D eigenvalue weighted by Gasteiger charge is -2.19. The molecule has 0 atom stereocenters. The van der Waals surface area contributed by atoms with Crippen LogP contribution in [0.4, 0.5) is 5.69 Å². The molecule has 0 fully saturated rings. The van der Waals surface area contributed by atoms with E-state index in [0.29, 0.717) is 24.1 Å². The number of carbonyl (C=O) groups excluding carboxylic acids is 1. The van der Waals surface area contributed by atoms with Crippen LogP contribution in [0.2, 0.25) is 5.02 Å². The first-order valence-corrected chi connectivity index (χ1v) is 10.5. The zero-order valence-electron chi connectivity index (χ0n) is 17.1. The molecule has 1 aliphatic rings. The molecule has 1 aliphatic heterocycles. The summed E-state index contributed by atoms with van der Waals surface area (Å²) in [6, 6.07) is 23.4. The fraction of sp³-hybridized carbons (Fsp3) is 0.192. The van der Waals surface area contributed by atoms with Crippen LogP contribution < -0.4 is 9.64 Å². The highest BCUT2D eigenvalue weighted by molar-refractivity contribution is 6.35. The van der Waals surface area contributed by atoms with Crippen molar-refractivity contribution < 1.29 is 9.53 Å². The number of halogens is 1. The number of amides is 1. The molecule has 0 bridgehead atoms. The van der Waals surface area contributed by atoms with Crippen molar-refractivity contribution in [1.29, 1.82) is 0 Å². The predicted molar refractivity (Wildman–Crippen MR) is 124 cm³/mol. The number of para-hydroxylation sites is 1. The van der Waals surface area contributed by atoms with E-state index in [4.69, 9.17) is 16.3 Å². The highest BCUT2D eigenvalue weighted by atomic mass is 35.5. The van der Waals surface area contributed by atoms with Crippen LogP contribution in [0.5, 0.6) is 5.75 Å². The number of fused-ring (bicyclic) bond motifs is 1. The Morgan fingerprint density at radius 1 is 0.967 bits per heavy atom. The molecular formula is C26H24ClNO2. The van der Waals surface area contributed by atoms with Crippen LogP contribution in [0, 0.1) is 5.92 Å². The highest BCUT2D eigenvalue weighted by Crippen LogP contribution is 2.38. The van der Waals surface area contributed by atoms with E-state index in [2.05, 4.69) is 13.8 Å². The highest BCUT2D eigenvalue weighted by Gasteiger charge is 2.32. The molecule has 0 saturated carbocycles. The molecule has 3 aromatic carbocycles. The number of carbonyl (C=O) groups is 1. The SMILES string of the molecule is CC(C)CN1C(=O)/C(=C\c2ccc(OCc3ccccc3Cl)cc2)c2ccccc21. The van der Waals surface area contributed by atoms with Crippen LogP contribution >= 0.6 is 11.6 Å². The van der Waals surface area contributed by atoms with Gasteiger partial charge in [0.25, 0.3) is 5.91 Å². The van der Waals surface area contributed by atoms with E-state index in [1.54, 1.807) is 0 Å². The summed E-state index contributed by atoms with van der Waals surface area (Å²) >= 11 is 6.19. The minimum atomic E-state index is 0.0592. The number of ether oxygens (including phenoxy) is 1. The average molecular weight is 418 g/mol. The summed E-state index contributed by atoms with van der Waals surface area (Å²) in [5.74, 6) is 1.22. The lowest BCUT2D eigenvalue weighted by Crippen LogP contribution is -2.30. The summed E-state index contributed by atoms with van der Waals surface area (Å²) in [6.45, 7) is 5.37. The smallest absolute Gasteiger partial charge is 0.259 e. The van der Waals surface area contributed by atoms with E-state index in [1.807, 2.05) is 83.8 Å². The largest absolute Gasteiger partial charge is 0.489 e. The topological polar surface area (TPSA) is 29.5 Å². The number of nitrogens with zero attached hydrogens (tertiary/aromatic N) is 1. The maximum Gasteiger partial charge on any atom is 0.259 e. The molecule has 1 amide bonds. The Kier molecular flexibility index (Phi) is 5.91. The maximum absolute atomic E-state index is 13.1.